The summed E-state index contributed by atoms with van der Waals surface area (Å²) in [5.74, 6) is 0. The van der Waals surface area contributed by atoms with E-state index in [4.69, 9.17) is 0 Å². The van der Waals surface area contributed by atoms with Crippen LogP contribution >= 0.6 is 0 Å². The van der Waals surface area contributed by atoms with E-state index in [1.807, 2.05) is 12.3 Å². The molecular weight excluding hydrogens is 222 g/mol. The van der Waals surface area contributed by atoms with Crippen LogP contribution in [0.25, 0.3) is 0 Å². The van der Waals surface area contributed by atoms with Gasteiger partial charge in [-0.05, 0) is 38.8 Å². The maximum absolute atomic E-state index is 4.54. The fourth-order valence-corrected chi connectivity index (χ4v) is 2.59. The molecule has 1 aliphatic heterocycles. The molecule has 1 fully saturated rings. The molecule has 1 aromatic heterocycles. The van der Waals surface area contributed by atoms with Crippen molar-refractivity contribution in [2.75, 3.05) is 13.1 Å². The van der Waals surface area contributed by atoms with Crippen LogP contribution in [0.4, 0.5) is 0 Å². The van der Waals surface area contributed by atoms with Crippen LogP contribution in [0.2, 0.25) is 0 Å². The van der Waals surface area contributed by atoms with Gasteiger partial charge in [-0.3, -0.25) is 9.88 Å². The van der Waals surface area contributed by atoms with Crippen molar-refractivity contribution in [3.63, 3.8) is 0 Å². The minimum atomic E-state index is 0.246. The number of piperazine rings is 1. The predicted molar refractivity (Wildman–Crippen MR) is 75.5 cm³/mol. The Morgan fingerprint density at radius 2 is 2.33 bits per heavy atom. The van der Waals surface area contributed by atoms with Crippen LogP contribution < -0.4 is 5.32 Å². The van der Waals surface area contributed by atoms with E-state index < -0.39 is 0 Å². The summed E-state index contributed by atoms with van der Waals surface area (Å²) in [4.78, 5) is 7.12. The van der Waals surface area contributed by atoms with Crippen LogP contribution in [0.5, 0.6) is 0 Å². The average Bonchev–Trinajstić information content (AvgIpc) is 2.37. The van der Waals surface area contributed by atoms with Gasteiger partial charge in [-0.15, -0.1) is 0 Å². The van der Waals surface area contributed by atoms with Gasteiger partial charge < -0.3 is 5.32 Å². The summed E-state index contributed by atoms with van der Waals surface area (Å²) < 4.78 is 0. The molecule has 0 aromatic carbocycles. The second-order valence-electron chi connectivity index (χ2n) is 5.78. The molecule has 2 unspecified atom stereocenters. The van der Waals surface area contributed by atoms with Gasteiger partial charge in [-0.25, -0.2) is 0 Å². The first kappa shape index (κ1) is 13.5. The number of pyridine rings is 1. The molecule has 0 radical (unpaired) electrons. The molecule has 0 spiro atoms. The number of rotatable bonds is 3. The number of nitrogens with one attached hydrogen (secondary N) is 1. The summed E-state index contributed by atoms with van der Waals surface area (Å²) in [6.45, 7) is 12.2. The Morgan fingerprint density at radius 3 is 3.00 bits per heavy atom. The van der Waals surface area contributed by atoms with Crippen LogP contribution in [0.15, 0.2) is 18.3 Å². The molecule has 100 valence electrons. The zero-order valence-electron chi connectivity index (χ0n) is 12.0. The predicted octanol–water partition coefficient (Wildman–Crippen LogP) is 2.35. The summed E-state index contributed by atoms with van der Waals surface area (Å²) in [5.41, 5.74) is 2.75. The Kier molecular flexibility index (Phi) is 4.03. The molecule has 3 nitrogen and oxygen atoms in total. The highest BCUT2D eigenvalue weighted by molar-refractivity contribution is 5.18. The van der Waals surface area contributed by atoms with Crippen molar-refractivity contribution in [1.82, 2.24) is 15.2 Å². The molecule has 18 heavy (non-hydrogen) atoms. The van der Waals surface area contributed by atoms with Crippen molar-refractivity contribution in [3.8, 4) is 0 Å². The van der Waals surface area contributed by atoms with Gasteiger partial charge in [0.1, 0.15) is 0 Å². The van der Waals surface area contributed by atoms with Crippen molar-refractivity contribution in [3.05, 3.63) is 29.6 Å². The lowest BCUT2D eigenvalue weighted by Gasteiger charge is -2.47. The van der Waals surface area contributed by atoms with Gasteiger partial charge >= 0.3 is 0 Å². The first-order valence-corrected chi connectivity index (χ1v) is 6.94. The van der Waals surface area contributed by atoms with Crippen LogP contribution in [-0.4, -0.2) is 34.6 Å². The molecule has 2 heterocycles. The lowest BCUT2D eigenvalue weighted by Crippen LogP contribution is -2.61. The van der Waals surface area contributed by atoms with Gasteiger partial charge in [0.05, 0.1) is 5.69 Å². The third-order valence-corrected chi connectivity index (χ3v) is 4.31. The van der Waals surface area contributed by atoms with Crippen LogP contribution in [0.1, 0.15) is 38.4 Å². The normalized spacial score (nSPS) is 29.4. The van der Waals surface area contributed by atoms with Gasteiger partial charge in [0, 0.05) is 37.4 Å². The van der Waals surface area contributed by atoms with Crippen LogP contribution in [0.3, 0.4) is 0 Å². The Hall–Kier alpha value is -0.930. The quantitative estimate of drug-likeness (QED) is 0.888. The first-order valence-electron chi connectivity index (χ1n) is 6.94. The standard InChI is InChI=1S/C15H25N3/c1-5-15(4)11-17-13(3)9-18(15)10-14-12(2)7-6-8-16-14/h6-8,13,17H,5,9-11H2,1-4H3. The molecule has 0 aliphatic carbocycles. The number of aryl methyl sites for hydroxylation is 1. The third-order valence-electron chi connectivity index (χ3n) is 4.31. The van der Waals surface area contributed by atoms with E-state index in [0.717, 1.165) is 19.6 Å². The zero-order chi connectivity index (χ0) is 13.2. The van der Waals surface area contributed by atoms with Gasteiger partial charge in [-0.2, -0.15) is 0 Å². The molecule has 3 heteroatoms. The van der Waals surface area contributed by atoms with E-state index in [2.05, 4.69) is 49.0 Å². The maximum Gasteiger partial charge on any atom is 0.0573 e. The van der Waals surface area contributed by atoms with Crippen molar-refractivity contribution in [1.29, 1.82) is 0 Å². The number of hydrogen-bond acceptors (Lipinski definition) is 3. The van der Waals surface area contributed by atoms with Gasteiger partial charge in [0.2, 0.25) is 0 Å². The second-order valence-corrected chi connectivity index (χ2v) is 5.78. The van der Waals surface area contributed by atoms with E-state index in [1.165, 1.54) is 17.7 Å². The summed E-state index contributed by atoms with van der Waals surface area (Å²) in [5, 5.41) is 3.59. The van der Waals surface area contributed by atoms with E-state index in [1.54, 1.807) is 0 Å². The SMILES string of the molecule is CCC1(C)CNC(C)CN1Cc1ncccc1C. The van der Waals surface area contributed by atoms with E-state index in [9.17, 15) is 0 Å². The molecule has 1 saturated heterocycles. The van der Waals surface area contributed by atoms with Crippen molar-refractivity contribution >= 4 is 0 Å². The minimum absolute atomic E-state index is 0.246. The molecule has 1 aromatic rings. The Morgan fingerprint density at radius 1 is 1.56 bits per heavy atom. The third kappa shape index (κ3) is 2.73. The van der Waals surface area contributed by atoms with Gasteiger partial charge in [0.25, 0.3) is 0 Å². The Balaban J connectivity index is 2.17. The van der Waals surface area contributed by atoms with E-state index in [-0.39, 0.29) is 5.54 Å². The molecule has 0 saturated carbocycles. The molecule has 2 rings (SSSR count). The molecular formula is C15H25N3. The topological polar surface area (TPSA) is 28.2 Å². The largest absolute Gasteiger partial charge is 0.311 e. The van der Waals surface area contributed by atoms with E-state index in [0.29, 0.717) is 6.04 Å². The number of aromatic nitrogens is 1. The second kappa shape index (κ2) is 5.37. The summed E-state index contributed by atoms with van der Waals surface area (Å²) >= 11 is 0. The maximum atomic E-state index is 4.54. The molecule has 1 aliphatic rings. The highest BCUT2D eigenvalue weighted by Crippen LogP contribution is 2.25. The fraction of sp³-hybridized carbons (Fsp3) is 0.667. The highest BCUT2D eigenvalue weighted by Gasteiger charge is 2.35. The minimum Gasteiger partial charge on any atom is -0.311 e. The lowest BCUT2D eigenvalue weighted by atomic mass is 9.92. The summed E-state index contributed by atoms with van der Waals surface area (Å²) in [6.07, 6.45) is 3.07. The fourth-order valence-electron chi connectivity index (χ4n) is 2.59. The van der Waals surface area contributed by atoms with Crippen molar-refractivity contribution < 1.29 is 0 Å². The first-order chi connectivity index (χ1) is 8.55. The summed E-state index contributed by atoms with van der Waals surface area (Å²) in [7, 11) is 0. The monoisotopic (exact) mass is 247 g/mol. The highest BCUT2D eigenvalue weighted by atomic mass is 15.3. The zero-order valence-corrected chi connectivity index (χ0v) is 12.0. The van der Waals surface area contributed by atoms with Crippen LogP contribution in [-0.2, 0) is 6.54 Å². The summed E-state index contributed by atoms with van der Waals surface area (Å²) in [6, 6.07) is 4.73. The van der Waals surface area contributed by atoms with Gasteiger partial charge in [0.15, 0.2) is 0 Å². The lowest BCUT2D eigenvalue weighted by molar-refractivity contribution is 0.0440. The van der Waals surface area contributed by atoms with Crippen LogP contribution in [0, 0.1) is 6.92 Å². The smallest absolute Gasteiger partial charge is 0.0573 e. The molecule has 0 bridgehead atoms. The molecule has 0 amide bonds. The van der Waals surface area contributed by atoms with Crippen molar-refractivity contribution in [2.24, 2.45) is 0 Å². The average molecular weight is 247 g/mol. The molecule has 2 atom stereocenters. The Labute approximate surface area is 111 Å². The molecule has 1 N–H and O–H groups in total. The number of nitrogens with zero attached hydrogens (tertiary/aromatic N) is 2. The van der Waals surface area contributed by atoms with E-state index >= 15 is 0 Å². The van der Waals surface area contributed by atoms with Crippen molar-refractivity contribution in [2.45, 2.75) is 52.2 Å². The number of hydrogen-bond donors (Lipinski definition) is 1. The van der Waals surface area contributed by atoms with Gasteiger partial charge in [-0.1, -0.05) is 13.0 Å². The Bertz CT molecular complexity index is 404.